The fraction of sp³-hybridized carbons (Fsp3) is 0.316. The van der Waals surface area contributed by atoms with E-state index < -0.39 is 0 Å². The number of rotatable bonds is 5. The van der Waals surface area contributed by atoms with E-state index in [0.29, 0.717) is 18.1 Å². The quantitative estimate of drug-likeness (QED) is 0.909. The molecule has 25 heavy (non-hydrogen) atoms. The summed E-state index contributed by atoms with van der Waals surface area (Å²) >= 11 is 0. The molecule has 0 bridgehead atoms. The van der Waals surface area contributed by atoms with Crippen LogP contribution in [0.3, 0.4) is 0 Å². The number of carbonyl (C=O) groups excluding carboxylic acids is 2. The molecule has 2 aromatic rings. The van der Waals surface area contributed by atoms with Gasteiger partial charge in [0.2, 0.25) is 17.7 Å². The third-order valence-corrected chi connectivity index (χ3v) is 4.34. The molecule has 6 heteroatoms. The molecule has 0 radical (unpaired) electrons. The highest BCUT2D eigenvalue weighted by molar-refractivity contribution is 6.03. The molecular formula is C19H21N3O3. The zero-order valence-electron chi connectivity index (χ0n) is 14.4. The maximum absolute atomic E-state index is 12.5. The van der Waals surface area contributed by atoms with Gasteiger partial charge in [0.15, 0.2) is 0 Å². The Morgan fingerprint density at radius 3 is 2.88 bits per heavy atom. The number of nitrogens with one attached hydrogen (secondary N) is 1. The number of pyridine rings is 1. The number of anilines is 2. The maximum atomic E-state index is 12.5. The summed E-state index contributed by atoms with van der Waals surface area (Å²) in [5.74, 6) is -0.0911. The molecule has 0 unspecified atom stereocenters. The summed E-state index contributed by atoms with van der Waals surface area (Å²) in [6.07, 6.45) is 2.66. The van der Waals surface area contributed by atoms with Gasteiger partial charge in [-0.15, -0.1) is 0 Å². The number of aryl methyl sites for hydroxylation is 1. The number of hydrogen-bond acceptors (Lipinski definition) is 4. The average molecular weight is 339 g/mol. The highest BCUT2D eigenvalue weighted by atomic mass is 16.5. The van der Waals surface area contributed by atoms with Crippen LogP contribution in [0.4, 0.5) is 11.4 Å². The SMILES string of the molecule is CCc1cccc(N2C[C@@H](C(=O)Nc3ccc(OC)nc3)CC2=O)c1. The Morgan fingerprint density at radius 1 is 1.36 bits per heavy atom. The smallest absolute Gasteiger partial charge is 0.229 e. The van der Waals surface area contributed by atoms with Gasteiger partial charge in [-0.2, -0.15) is 0 Å². The molecule has 0 spiro atoms. The summed E-state index contributed by atoms with van der Waals surface area (Å²) in [4.78, 5) is 30.6. The summed E-state index contributed by atoms with van der Waals surface area (Å²) in [5.41, 5.74) is 2.61. The number of nitrogens with zero attached hydrogens (tertiary/aromatic N) is 2. The van der Waals surface area contributed by atoms with E-state index in [2.05, 4.69) is 17.2 Å². The van der Waals surface area contributed by atoms with Crippen molar-refractivity contribution in [3.8, 4) is 5.88 Å². The largest absolute Gasteiger partial charge is 0.481 e. The van der Waals surface area contributed by atoms with Crippen molar-refractivity contribution in [1.82, 2.24) is 4.98 Å². The van der Waals surface area contributed by atoms with E-state index in [9.17, 15) is 9.59 Å². The van der Waals surface area contributed by atoms with Crippen molar-refractivity contribution in [1.29, 1.82) is 0 Å². The van der Waals surface area contributed by atoms with E-state index in [4.69, 9.17) is 4.74 Å². The highest BCUT2D eigenvalue weighted by Crippen LogP contribution is 2.27. The Hall–Kier alpha value is -2.89. The van der Waals surface area contributed by atoms with Crippen LogP contribution in [-0.4, -0.2) is 30.5 Å². The van der Waals surface area contributed by atoms with Crippen LogP contribution >= 0.6 is 0 Å². The minimum Gasteiger partial charge on any atom is -0.481 e. The molecule has 2 heterocycles. The summed E-state index contributed by atoms with van der Waals surface area (Å²) in [6, 6.07) is 11.3. The van der Waals surface area contributed by atoms with Gasteiger partial charge in [-0.05, 0) is 30.2 Å². The fourth-order valence-electron chi connectivity index (χ4n) is 2.90. The monoisotopic (exact) mass is 339 g/mol. The second kappa shape index (κ2) is 7.34. The lowest BCUT2D eigenvalue weighted by molar-refractivity contribution is -0.122. The topological polar surface area (TPSA) is 71.5 Å². The van der Waals surface area contributed by atoms with Crippen molar-refractivity contribution in [2.75, 3.05) is 23.9 Å². The van der Waals surface area contributed by atoms with Gasteiger partial charge < -0.3 is 15.0 Å². The lowest BCUT2D eigenvalue weighted by Crippen LogP contribution is -2.28. The molecule has 1 atom stereocenters. The zero-order chi connectivity index (χ0) is 17.8. The van der Waals surface area contributed by atoms with E-state index in [0.717, 1.165) is 12.1 Å². The van der Waals surface area contributed by atoms with Crippen LogP contribution in [-0.2, 0) is 16.0 Å². The highest BCUT2D eigenvalue weighted by Gasteiger charge is 2.35. The van der Waals surface area contributed by atoms with Crippen LogP contribution in [0, 0.1) is 5.92 Å². The molecule has 1 saturated heterocycles. The van der Waals surface area contributed by atoms with Crippen molar-refractivity contribution in [3.05, 3.63) is 48.2 Å². The zero-order valence-corrected chi connectivity index (χ0v) is 14.4. The number of methoxy groups -OCH3 is 1. The summed E-state index contributed by atoms with van der Waals surface area (Å²) in [7, 11) is 1.53. The van der Waals surface area contributed by atoms with Crippen LogP contribution in [0.5, 0.6) is 5.88 Å². The van der Waals surface area contributed by atoms with Crippen molar-refractivity contribution in [3.63, 3.8) is 0 Å². The van der Waals surface area contributed by atoms with Crippen LogP contribution in [0.2, 0.25) is 0 Å². The van der Waals surface area contributed by atoms with Crippen LogP contribution in [0.25, 0.3) is 0 Å². The van der Waals surface area contributed by atoms with E-state index >= 15 is 0 Å². The number of ether oxygens (including phenoxy) is 1. The Morgan fingerprint density at radius 2 is 2.20 bits per heavy atom. The van der Waals surface area contributed by atoms with Crippen molar-refractivity contribution in [2.24, 2.45) is 5.92 Å². The van der Waals surface area contributed by atoms with Gasteiger partial charge in [0.1, 0.15) is 0 Å². The number of carbonyl (C=O) groups is 2. The molecule has 1 aromatic heterocycles. The first-order valence-electron chi connectivity index (χ1n) is 8.31. The third-order valence-electron chi connectivity index (χ3n) is 4.34. The minimum atomic E-state index is -0.375. The molecular weight excluding hydrogens is 318 g/mol. The lowest BCUT2D eigenvalue weighted by Gasteiger charge is -2.17. The van der Waals surface area contributed by atoms with Gasteiger partial charge in [-0.3, -0.25) is 9.59 Å². The third kappa shape index (κ3) is 3.79. The fourth-order valence-corrected chi connectivity index (χ4v) is 2.90. The van der Waals surface area contributed by atoms with Crippen molar-refractivity contribution >= 4 is 23.2 Å². The van der Waals surface area contributed by atoms with E-state index in [1.807, 2.05) is 24.3 Å². The summed E-state index contributed by atoms with van der Waals surface area (Å²) in [6.45, 7) is 2.46. The predicted octanol–water partition coefficient (Wildman–Crippen LogP) is 2.64. The molecule has 0 aliphatic carbocycles. The van der Waals surface area contributed by atoms with Gasteiger partial charge in [0, 0.05) is 24.7 Å². The van der Waals surface area contributed by atoms with Gasteiger partial charge in [0.05, 0.1) is 24.9 Å². The normalized spacial score (nSPS) is 16.8. The molecule has 6 nitrogen and oxygen atoms in total. The van der Waals surface area contributed by atoms with Gasteiger partial charge in [-0.1, -0.05) is 19.1 Å². The molecule has 1 aliphatic heterocycles. The van der Waals surface area contributed by atoms with Crippen LogP contribution < -0.4 is 15.0 Å². The first-order valence-corrected chi connectivity index (χ1v) is 8.31. The molecule has 1 aromatic carbocycles. The Balaban J connectivity index is 1.67. The van der Waals surface area contributed by atoms with Gasteiger partial charge in [-0.25, -0.2) is 4.98 Å². The van der Waals surface area contributed by atoms with E-state index in [-0.39, 0.29) is 24.2 Å². The molecule has 1 aliphatic rings. The van der Waals surface area contributed by atoms with Crippen LogP contribution in [0.1, 0.15) is 18.9 Å². The van der Waals surface area contributed by atoms with E-state index in [1.54, 1.807) is 17.0 Å². The average Bonchev–Trinajstić information content (AvgIpc) is 3.04. The van der Waals surface area contributed by atoms with E-state index in [1.165, 1.54) is 18.9 Å². The number of benzene rings is 1. The molecule has 1 N–H and O–H groups in total. The summed E-state index contributed by atoms with van der Waals surface area (Å²) < 4.78 is 4.99. The maximum Gasteiger partial charge on any atom is 0.229 e. The molecule has 2 amide bonds. The second-order valence-electron chi connectivity index (χ2n) is 6.01. The van der Waals surface area contributed by atoms with Crippen molar-refractivity contribution < 1.29 is 14.3 Å². The second-order valence-corrected chi connectivity index (χ2v) is 6.01. The van der Waals surface area contributed by atoms with Crippen molar-refractivity contribution in [2.45, 2.75) is 19.8 Å². The lowest BCUT2D eigenvalue weighted by atomic mass is 10.1. The molecule has 1 fully saturated rings. The molecule has 0 saturated carbocycles. The van der Waals surface area contributed by atoms with Gasteiger partial charge >= 0.3 is 0 Å². The predicted molar refractivity (Wildman–Crippen MR) is 95.7 cm³/mol. The first kappa shape index (κ1) is 17.0. The van der Waals surface area contributed by atoms with Gasteiger partial charge in [0.25, 0.3) is 0 Å². The molecule has 3 rings (SSSR count). The van der Waals surface area contributed by atoms with Crippen LogP contribution in [0.15, 0.2) is 42.6 Å². The minimum absolute atomic E-state index is 0.0266. The Labute approximate surface area is 146 Å². The summed E-state index contributed by atoms with van der Waals surface area (Å²) in [5, 5.41) is 2.81. The Kier molecular flexibility index (Phi) is 4.97. The number of hydrogen-bond donors (Lipinski definition) is 1. The molecule has 130 valence electrons. The standard InChI is InChI=1S/C19H21N3O3/c1-3-13-5-4-6-16(9-13)22-12-14(10-18(22)23)19(24)21-15-7-8-17(25-2)20-11-15/h4-9,11,14H,3,10,12H2,1-2H3,(H,21,24)/t14-/m0/s1. The number of amides is 2. The first-order chi connectivity index (χ1) is 12.1. The number of aromatic nitrogens is 1. The Bertz CT molecular complexity index is 774.